The average molecular weight is 183 g/mol. The van der Waals surface area contributed by atoms with Gasteiger partial charge >= 0.3 is 0 Å². The number of hydrogen-bond acceptors (Lipinski definition) is 2. The maximum absolute atomic E-state index is 4.38. The lowest BCUT2D eigenvalue weighted by atomic mass is 10.3. The summed E-state index contributed by atoms with van der Waals surface area (Å²) in [5, 5.41) is 1.16. The summed E-state index contributed by atoms with van der Waals surface area (Å²) in [5.74, 6) is 0. The molecule has 0 aliphatic heterocycles. The molecule has 0 saturated heterocycles. The summed E-state index contributed by atoms with van der Waals surface area (Å²) in [5.41, 5.74) is 3.32. The second kappa shape index (κ2) is 2.54. The van der Waals surface area contributed by atoms with E-state index in [0.29, 0.717) is 0 Å². The molecule has 3 rings (SSSR count). The van der Waals surface area contributed by atoms with E-state index in [0.717, 1.165) is 21.9 Å². The zero-order valence-corrected chi connectivity index (χ0v) is 7.81. The van der Waals surface area contributed by atoms with Crippen molar-refractivity contribution in [2.75, 3.05) is 0 Å². The summed E-state index contributed by atoms with van der Waals surface area (Å²) in [4.78, 5) is 8.50. The van der Waals surface area contributed by atoms with Crippen LogP contribution in [0.4, 0.5) is 0 Å². The van der Waals surface area contributed by atoms with Crippen molar-refractivity contribution in [3.8, 4) is 0 Å². The number of fused-ring (bicyclic) bond motifs is 3. The van der Waals surface area contributed by atoms with Crippen molar-refractivity contribution >= 4 is 21.9 Å². The molecule has 0 bridgehead atoms. The number of hydrogen-bond donors (Lipinski definition) is 0. The van der Waals surface area contributed by atoms with Gasteiger partial charge in [0, 0.05) is 24.8 Å². The van der Waals surface area contributed by atoms with Crippen LogP contribution < -0.4 is 0 Å². The van der Waals surface area contributed by atoms with Gasteiger partial charge in [-0.05, 0) is 18.2 Å². The van der Waals surface area contributed by atoms with Crippen LogP contribution in [0, 0.1) is 0 Å². The third kappa shape index (κ3) is 0.812. The fourth-order valence-electron chi connectivity index (χ4n) is 1.86. The maximum atomic E-state index is 4.38. The molecule has 14 heavy (non-hydrogen) atoms. The van der Waals surface area contributed by atoms with Gasteiger partial charge in [-0.2, -0.15) is 0 Å². The summed E-state index contributed by atoms with van der Waals surface area (Å²) in [6.07, 6.45) is 5.50. The zero-order valence-electron chi connectivity index (χ0n) is 7.81. The summed E-state index contributed by atoms with van der Waals surface area (Å²) < 4.78 is 2.12. The van der Waals surface area contributed by atoms with Gasteiger partial charge in [0.05, 0.1) is 22.7 Å². The van der Waals surface area contributed by atoms with E-state index in [9.17, 15) is 0 Å². The van der Waals surface area contributed by atoms with Gasteiger partial charge < -0.3 is 4.57 Å². The zero-order chi connectivity index (χ0) is 9.54. The first-order valence-corrected chi connectivity index (χ1v) is 4.51. The fraction of sp³-hybridized carbons (Fsp3) is 0.0909. The van der Waals surface area contributed by atoms with E-state index >= 15 is 0 Å². The van der Waals surface area contributed by atoms with Gasteiger partial charge in [-0.25, -0.2) is 0 Å². The van der Waals surface area contributed by atoms with Crippen molar-refractivity contribution in [2.24, 2.45) is 7.05 Å². The molecular weight excluding hydrogens is 174 g/mol. The predicted molar refractivity (Wildman–Crippen MR) is 56.0 cm³/mol. The maximum Gasteiger partial charge on any atom is 0.0960 e. The monoisotopic (exact) mass is 183 g/mol. The van der Waals surface area contributed by atoms with E-state index in [4.69, 9.17) is 0 Å². The molecule has 3 heterocycles. The summed E-state index contributed by atoms with van der Waals surface area (Å²) in [6, 6.07) is 6.03. The average Bonchev–Trinajstić information content (AvgIpc) is 2.55. The highest BCUT2D eigenvalue weighted by molar-refractivity contribution is 6.05. The molecule has 68 valence electrons. The molecule has 0 radical (unpaired) electrons. The highest BCUT2D eigenvalue weighted by Gasteiger charge is 2.06. The topological polar surface area (TPSA) is 30.7 Å². The molecule has 0 aliphatic carbocycles. The van der Waals surface area contributed by atoms with Gasteiger partial charge in [0.25, 0.3) is 0 Å². The molecule has 0 unspecified atom stereocenters. The van der Waals surface area contributed by atoms with E-state index in [1.54, 1.807) is 6.20 Å². The van der Waals surface area contributed by atoms with Gasteiger partial charge in [-0.1, -0.05) is 0 Å². The lowest BCUT2D eigenvalue weighted by Crippen LogP contribution is -1.86. The van der Waals surface area contributed by atoms with Gasteiger partial charge in [-0.3, -0.25) is 9.97 Å². The highest BCUT2D eigenvalue weighted by Crippen LogP contribution is 2.24. The lowest BCUT2D eigenvalue weighted by Gasteiger charge is -1.94. The van der Waals surface area contributed by atoms with Crippen molar-refractivity contribution in [2.45, 2.75) is 0 Å². The molecule has 0 atom stereocenters. The van der Waals surface area contributed by atoms with Crippen LogP contribution in [0.15, 0.2) is 36.8 Å². The Kier molecular flexibility index (Phi) is 1.36. The van der Waals surface area contributed by atoms with Gasteiger partial charge in [0.2, 0.25) is 0 Å². The summed E-state index contributed by atoms with van der Waals surface area (Å²) in [6.45, 7) is 0. The third-order valence-electron chi connectivity index (χ3n) is 2.56. The number of aryl methyl sites for hydroxylation is 1. The SMILES string of the molecule is Cn1c2cnccc2c2ncccc21. The molecule has 0 N–H and O–H groups in total. The van der Waals surface area contributed by atoms with Crippen LogP contribution in [0.5, 0.6) is 0 Å². The minimum Gasteiger partial charge on any atom is -0.341 e. The van der Waals surface area contributed by atoms with Crippen molar-refractivity contribution in [1.29, 1.82) is 0 Å². The van der Waals surface area contributed by atoms with Crippen molar-refractivity contribution in [3.05, 3.63) is 36.8 Å². The third-order valence-corrected chi connectivity index (χ3v) is 2.56. The number of pyridine rings is 2. The molecule has 0 amide bonds. The molecule has 3 aromatic heterocycles. The second-order valence-corrected chi connectivity index (χ2v) is 3.32. The molecule has 0 fully saturated rings. The molecule has 0 spiro atoms. The van der Waals surface area contributed by atoms with Crippen LogP contribution >= 0.6 is 0 Å². The lowest BCUT2D eigenvalue weighted by molar-refractivity contribution is 1.01. The smallest absolute Gasteiger partial charge is 0.0960 e. The molecule has 3 heteroatoms. The highest BCUT2D eigenvalue weighted by atomic mass is 15.0. The first-order chi connectivity index (χ1) is 6.88. The minimum absolute atomic E-state index is 1.05. The Morgan fingerprint density at radius 2 is 2.07 bits per heavy atom. The molecule has 0 aromatic carbocycles. The van der Waals surface area contributed by atoms with E-state index in [1.165, 1.54) is 0 Å². The first kappa shape index (κ1) is 7.50. The molecule has 3 nitrogen and oxygen atoms in total. The minimum atomic E-state index is 1.05. The largest absolute Gasteiger partial charge is 0.341 e. The number of nitrogens with zero attached hydrogens (tertiary/aromatic N) is 3. The van der Waals surface area contributed by atoms with Gasteiger partial charge in [-0.15, -0.1) is 0 Å². The second-order valence-electron chi connectivity index (χ2n) is 3.32. The Hall–Kier alpha value is -1.90. The van der Waals surface area contributed by atoms with E-state index < -0.39 is 0 Å². The van der Waals surface area contributed by atoms with Crippen molar-refractivity contribution < 1.29 is 0 Å². The normalized spacial score (nSPS) is 11.2. The Morgan fingerprint density at radius 3 is 3.00 bits per heavy atom. The van der Waals surface area contributed by atoms with Crippen molar-refractivity contribution in [3.63, 3.8) is 0 Å². The molecular formula is C11H9N3. The number of aromatic nitrogens is 3. The Balaban J connectivity index is 2.69. The molecule has 0 aliphatic rings. The van der Waals surface area contributed by atoms with Crippen LogP contribution in [0.3, 0.4) is 0 Å². The van der Waals surface area contributed by atoms with Crippen LogP contribution in [0.25, 0.3) is 21.9 Å². The van der Waals surface area contributed by atoms with Crippen LogP contribution in [0.1, 0.15) is 0 Å². The number of rotatable bonds is 0. The van der Waals surface area contributed by atoms with Crippen LogP contribution in [0.2, 0.25) is 0 Å². The molecule has 3 aromatic rings. The predicted octanol–water partition coefficient (Wildman–Crippen LogP) is 2.12. The quantitative estimate of drug-likeness (QED) is 0.534. The van der Waals surface area contributed by atoms with Gasteiger partial charge in [0.1, 0.15) is 0 Å². The summed E-state index contributed by atoms with van der Waals surface area (Å²) in [7, 11) is 2.04. The standard InChI is InChI=1S/C11H9N3/c1-14-9-3-2-5-13-11(9)8-4-6-12-7-10(8)14/h2-7H,1H3. The van der Waals surface area contributed by atoms with E-state index in [1.807, 2.05) is 31.6 Å². The van der Waals surface area contributed by atoms with Crippen molar-refractivity contribution in [1.82, 2.24) is 14.5 Å². The molecule has 0 saturated carbocycles. The van der Waals surface area contributed by atoms with E-state index in [-0.39, 0.29) is 0 Å². The van der Waals surface area contributed by atoms with Crippen LogP contribution in [-0.2, 0) is 7.05 Å². The summed E-state index contributed by atoms with van der Waals surface area (Å²) >= 11 is 0. The Morgan fingerprint density at radius 1 is 1.14 bits per heavy atom. The van der Waals surface area contributed by atoms with Gasteiger partial charge in [0.15, 0.2) is 0 Å². The van der Waals surface area contributed by atoms with E-state index in [2.05, 4.69) is 20.6 Å². The Labute approximate surface area is 81.0 Å². The van der Waals surface area contributed by atoms with Crippen LogP contribution in [-0.4, -0.2) is 14.5 Å². The first-order valence-electron chi connectivity index (χ1n) is 4.51. The fourth-order valence-corrected chi connectivity index (χ4v) is 1.86. The Bertz CT molecular complexity index is 557.